The summed E-state index contributed by atoms with van der Waals surface area (Å²) in [7, 11) is 6.44. The van der Waals surface area contributed by atoms with Crippen molar-refractivity contribution < 1.29 is 19.0 Å². The summed E-state index contributed by atoms with van der Waals surface area (Å²) in [5, 5.41) is 3.38. The lowest BCUT2D eigenvalue weighted by Gasteiger charge is -2.26. The maximum absolute atomic E-state index is 12.5. The van der Waals surface area contributed by atoms with E-state index in [1.54, 1.807) is 45.4 Å². The average molecular weight is 340 g/mol. The predicted octanol–water partition coefficient (Wildman–Crippen LogP) is 1.77. The number of rotatable bonds is 6. The monoisotopic (exact) mass is 340 g/mol. The van der Waals surface area contributed by atoms with Crippen LogP contribution in [0.2, 0.25) is 0 Å². The molecule has 0 radical (unpaired) electrons. The van der Waals surface area contributed by atoms with E-state index in [9.17, 15) is 4.79 Å². The molecule has 0 bridgehead atoms. The number of hydrogen-bond donors (Lipinski definition) is 1. The minimum absolute atomic E-state index is 0.0549. The molecule has 1 amide bonds. The largest absolute Gasteiger partial charge is 0.493 e. The van der Waals surface area contributed by atoms with Crippen molar-refractivity contribution in [2.45, 2.75) is 12.5 Å². The van der Waals surface area contributed by atoms with Crippen LogP contribution in [0.5, 0.6) is 17.2 Å². The Bertz CT molecular complexity index is 522. The molecule has 128 valence electrons. The van der Waals surface area contributed by atoms with E-state index in [4.69, 9.17) is 14.2 Å². The molecule has 2 rings (SSSR count). The summed E-state index contributed by atoms with van der Waals surface area (Å²) in [5.41, 5.74) is 0.716. The summed E-state index contributed by atoms with van der Waals surface area (Å²) in [6.07, 6.45) is 0.472. The van der Waals surface area contributed by atoms with E-state index in [-0.39, 0.29) is 11.9 Å². The number of ether oxygens (including phenoxy) is 3. The van der Waals surface area contributed by atoms with Gasteiger partial charge >= 0.3 is 0 Å². The second-order valence-corrected chi connectivity index (χ2v) is 6.42. The van der Waals surface area contributed by atoms with Gasteiger partial charge in [-0.3, -0.25) is 4.79 Å². The molecule has 1 aromatic carbocycles. The summed E-state index contributed by atoms with van der Waals surface area (Å²) in [5.74, 6) is 3.72. The number of anilines is 1. The number of thioether (sulfide) groups is 1. The van der Waals surface area contributed by atoms with Crippen molar-refractivity contribution >= 4 is 23.4 Å². The molecule has 7 heteroatoms. The van der Waals surface area contributed by atoms with Gasteiger partial charge in [0.25, 0.3) is 0 Å². The maximum Gasteiger partial charge on any atom is 0.228 e. The van der Waals surface area contributed by atoms with E-state index in [0.29, 0.717) is 29.4 Å². The fourth-order valence-electron chi connectivity index (χ4n) is 2.50. The Labute approximate surface area is 141 Å². The number of carbonyl (C=O) groups excluding carboxylic acids is 1. The molecule has 1 aliphatic heterocycles. The molecule has 1 saturated heterocycles. The Morgan fingerprint density at radius 1 is 1.26 bits per heavy atom. The van der Waals surface area contributed by atoms with E-state index in [1.807, 2.05) is 11.8 Å². The molecule has 1 atom stereocenters. The van der Waals surface area contributed by atoms with Crippen molar-refractivity contribution in [1.29, 1.82) is 0 Å². The first-order valence-electron chi connectivity index (χ1n) is 7.48. The van der Waals surface area contributed by atoms with Gasteiger partial charge in [0.2, 0.25) is 11.7 Å². The van der Waals surface area contributed by atoms with E-state index in [1.165, 1.54) is 0 Å². The van der Waals surface area contributed by atoms with Crippen molar-refractivity contribution in [3.05, 3.63) is 12.1 Å². The summed E-state index contributed by atoms with van der Waals surface area (Å²) < 4.78 is 16.0. The Balaban J connectivity index is 2.17. The van der Waals surface area contributed by atoms with E-state index in [2.05, 4.69) is 5.32 Å². The third kappa shape index (κ3) is 4.23. The summed E-state index contributed by atoms with van der Waals surface area (Å²) in [6, 6.07) is 3.79. The zero-order valence-corrected chi connectivity index (χ0v) is 14.9. The first-order valence-corrected chi connectivity index (χ1v) is 8.63. The van der Waals surface area contributed by atoms with Gasteiger partial charge in [-0.05, 0) is 0 Å². The van der Waals surface area contributed by atoms with Gasteiger partial charge in [-0.25, -0.2) is 0 Å². The summed E-state index contributed by atoms with van der Waals surface area (Å²) in [4.78, 5) is 14.2. The van der Waals surface area contributed by atoms with E-state index in [0.717, 1.165) is 18.1 Å². The van der Waals surface area contributed by atoms with Gasteiger partial charge in [0, 0.05) is 49.7 Å². The number of methoxy groups -OCH3 is 3. The smallest absolute Gasteiger partial charge is 0.228 e. The van der Waals surface area contributed by atoms with Crippen molar-refractivity contribution in [2.24, 2.45) is 0 Å². The van der Waals surface area contributed by atoms with E-state index < -0.39 is 0 Å². The van der Waals surface area contributed by atoms with Gasteiger partial charge in [0.1, 0.15) is 0 Å². The number of hydrogen-bond acceptors (Lipinski definition) is 6. The van der Waals surface area contributed by atoms with Gasteiger partial charge in [0.15, 0.2) is 11.5 Å². The zero-order chi connectivity index (χ0) is 16.8. The minimum Gasteiger partial charge on any atom is -0.493 e. The Kier molecular flexibility index (Phi) is 6.41. The fourth-order valence-corrected chi connectivity index (χ4v) is 3.45. The number of amides is 1. The van der Waals surface area contributed by atoms with Crippen LogP contribution in [0.25, 0.3) is 0 Å². The SMILES string of the molecule is COc1cc(N(C)C(=O)CC2CSCCN2)cc(OC)c1OC. The quantitative estimate of drug-likeness (QED) is 0.852. The van der Waals surface area contributed by atoms with Crippen LogP contribution in [0, 0.1) is 0 Å². The molecule has 6 nitrogen and oxygen atoms in total. The third-order valence-electron chi connectivity index (χ3n) is 3.83. The highest BCUT2D eigenvalue weighted by Gasteiger charge is 2.22. The molecule has 0 spiro atoms. The summed E-state index contributed by atoms with van der Waals surface area (Å²) in [6.45, 7) is 0.955. The van der Waals surface area contributed by atoms with Crippen molar-refractivity contribution in [3.8, 4) is 17.2 Å². The number of benzene rings is 1. The predicted molar refractivity (Wildman–Crippen MR) is 93.2 cm³/mol. The average Bonchev–Trinajstić information content (AvgIpc) is 2.60. The highest BCUT2D eigenvalue weighted by atomic mass is 32.2. The van der Waals surface area contributed by atoms with Crippen molar-refractivity contribution in [1.82, 2.24) is 5.32 Å². The van der Waals surface area contributed by atoms with Gasteiger partial charge in [-0.15, -0.1) is 0 Å². The first-order chi connectivity index (χ1) is 11.1. The van der Waals surface area contributed by atoms with Crippen LogP contribution in [0.15, 0.2) is 12.1 Å². The molecule has 23 heavy (non-hydrogen) atoms. The molecule has 1 unspecified atom stereocenters. The highest BCUT2D eigenvalue weighted by Crippen LogP contribution is 2.40. The van der Waals surface area contributed by atoms with Crippen molar-refractivity contribution in [2.75, 3.05) is 51.3 Å². The number of carbonyl (C=O) groups is 1. The maximum atomic E-state index is 12.5. The van der Waals surface area contributed by atoms with Crippen LogP contribution in [0.1, 0.15) is 6.42 Å². The molecule has 1 aromatic rings. The minimum atomic E-state index is 0.0549. The first kappa shape index (κ1) is 17.7. The van der Waals surface area contributed by atoms with Crippen LogP contribution in [0.3, 0.4) is 0 Å². The third-order valence-corrected chi connectivity index (χ3v) is 4.96. The topological polar surface area (TPSA) is 60.0 Å². The Hall–Kier alpha value is -1.60. The lowest BCUT2D eigenvalue weighted by molar-refractivity contribution is -0.118. The molecular weight excluding hydrogens is 316 g/mol. The molecule has 1 fully saturated rings. The van der Waals surface area contributed by atoms with Crippen LogP contribution < -0.4 is 24.4 Å². The second kappa shape index (κ2) is 8.31. The normalized spacial score (nSPS) is 17.5. The molecule has 0 aromatic heterocycles. The van der Waals surface area contributed by atoms with Gasteiger partial charge in [-0.1, -0.05) is 0 Å². The van der Waals surface area contributed by atoms with Crippen molar-refractivity contribution in [3.63, 3.8) is 0 Å². The second-order valence-electron chi connectivity index (χ2n) is 5.27. The molecule has 0 aliphatic carbocycles. The number of nitrogens with one attached hydrogen (secondary N) is 1. The molecule has 1 N–H and O–H groups in total. The highest BCUT2D eigenvalue weighted by molar-refractivity contribution is 7.99. The van der Waals surface area contributed by atoms with E-state index >= 15 is 0 Å². The van der Waals surface area contributed by atoms with Gasteiger partial charge < -0.3 is 24.4 Å². The molecule has 1 heterocycles. The fraction of sp³-hybridized carbons (Fsp3) is 0.562. The van der Waals surface area contributed by atoms with Crippen LogP contribution >= 0.6 is 11.8 Å². The standard InChI is InChI=1S/C16H24N2O4S/c1-18(15(19)7-11-10-23-6-5-17-11)12-8-13(20-2)16(22-4)14(9-12)21-3/h8-9,11,17H,5-7,10H2,1-4H3. The number of nitrogens with zero attached hydrogens (tertiary/aromatic N) is 1. The summed E-state index contributed by atoms with van der Waals surface area (Å²) >= 11 is 1.88. The van der Waals surface area contributed by atoms with Crippen LogP contribution in [-0.4, -0.2) is 58.4 Å². The molecular formula is C16H24N2O4S. The Morgan fingerprint density at radius 2 is 1.91 bits per heavy atom. The lowest BCUT2D eigenvalue weighted by Crippen LogP contribution is -2.41. The lowest BCUT2D eigenvalue weighted by atomic mass is 10.2. The van der Waals surface area contributed by atoms with Gasteiger partial charge in [0.05, 0.1) is 27.0 Å². The van der Waals surface area contributed by atoms with Crippen LogP contribution in [-0.2, 0) is 4.79 Å². The molecule has 1 aliphatic rings. The zero-order valence-electron chi connectivity index (χ0n) is 14.0. The van der Waals surface area contributed by atoms with Crippen LogP contribution in [0.4, 0.5) is 5.69 Å². The van der Waals surface area contributed by atoms with Gasteiger partial charge in [-0.2, -0.15) is 11.8 Å². The molecule has 0 saturated carbocycles. The Morgan fingerprint density at radius 3 is 2.39 bits per heavy atom.